The van der Waals surface area contributed by atoms with Crippen molar-refractivity contribution in [1.82, 2.24) is 24.2 Å². The molecule has 41 heavy (non-hydrogen) atoms. The van der Waals surface area contributed by atoms with Gasteiger partial charge in [-0.15, -0.1) is 6.58 Å². The van der Waals surface area contributed by atoms with Crippen LogP contribution in [0.3, 0.4) is 0 Å². The molecule has 2 aromatic heterocycles. The Kier molecular flexibility index (Phi) is 11.7. The number of piperidine rings is 1. The molecule has 3 heterocycles. The van der Waals surface area contributed by atoms with Crippen LogP contribution >= 0.6 is 0 Å². The van der Waals surface area contributed by atoms with E-state index >= 15 is 0 Å². The average Bonchev–Trinajstić information content (AvgIpc) is 3.33. The molecule has 9 nitrogen and oxygen atoms in total. The lowest BCUT2D eigenvalue weighted by Gasteiger charge is -2.36. The minimum Gasteiger partial charge on any atom is -0.388 e. The van der Waals surface area contributed by atoms with E-state index in [2.05, 4.69) is 21.6 Å². The number of hydrogen-bond acceptors (Lipinski definition) is 7. The van der Waals surface area contributed by atoms with Crippen LogP contribution in [0.15, 0.2) is 78.4 Å². The second-order valence-electron chi connectivity index (χ2n) is 10.4. The van der Waals surface area contributed by atoms with Gasteiger partial charge in [-0.2, -0.15) is 5.10 Å². The van der Waals surface area contributed by atoms with Crippen LogP contribution in [0, 0.1) is 0 Å². The number of aliphatic hydroxyl groups is 1. The molecule has 218 valence electrons. The van der Waals surface area contributed by atoms with Crippen LogP contribution < -0.4 is 11.3 Å². The fourth-order valence-electron chi connectivity index (χ4n) is 4.71. The first kappa shape index (κ1) is 31.6. The van der Waals surface area contributed by atoms with E-state index in [0.29, 0.717) is 36.8 Å². The van der Waals surface area contributed by atoms with Gasteiger partial charge in [0.05, 0.1) is 24.2 Å². The van der Waals surface area contributed by atoms with Gasteiger partial charge in [-0.05, 0) is 44.4 Å². The maximum atomic E-state index is 13.0. The molecule has 9 heteroatoms. The Morgan fingerprint density at radius 3 is 2.24 bits per heavy atom. The number of likely N-dealkylation sites (tertiary alicyclic amines) is 1. The summed E-state index contributed by atoms with van der Waals surface area (Å²) in [5.74, 6) is 0. The van der Waals surface area contributed by atoms with Crippen LogP contribution in [-0.2, 0) is 31.4 Å². The highest BCUT2D eigenvalue weighted by Gasteiger charge is 2.32. The van der Waals surface area contributed by atoms with Crippen molar-refractivity contribution >= 4 is 17.3 Å². The Morgan fingerprint density at radius 2 is 1.66 bits per heavy atom. The molecule has 0 radical (unpaired) electrons. The second-order valence-corrected chi connectivity index (χ2v) is 10.4. The Balaban J connectivity index is 0.000000297. The number of aryl methyl sites for hydroxylation is 2. The van der Waals surface area contributed by atoms with Crippen LogP contribution in [0.5, 0.6) is 0 Å². The summed E-state index contributed by atoms with van der Waals surface area (Å²) in [6.07, 6.45) is 6.99. The molecular formula is C32H42N6O3. The van der Waals surface area contributed by atoms with Crippen LogP contribution in [0.2, 0.25) is 0 Å². The van der Waals surface area contributed by atoms with Crippen LogP contribution in [0.4, 0.5) is 0 Å². The number of allylic oxidation sites excluding steroid dienone is 1. The van der Waals surface area contributed by atoms with E-state index in [0.717, 1.165) is 42.6 Å². The van der Waals surface area contributed by atoms with Crippen molar-refractivity contribution in [3.05, 3.63) is 95.1 Å². The van der Waals surface area contributed by atoms with E-state index in [4.69, 9.17) is 5.73 Å². The summed E-state index contributed by atoms with van der Waals surface area (Å²) in [7, 11) is 3.84. The summed E-state index contributed by atoms with van der Waals surface area (Å²) in [5.41, 5.74) is 9.44. The maximum Gasteiger partial charge on any atom is 0.281 e. The number of carbonyl (C=O) groups excluding carboxylic acids is 1. The standard InChI is InChI=1S/C20H26N6O2.C9H10O.C3H6/c1-24-9-7-20(28,8-10-24)12-26-13-22-16-17(19(26)27)23-25(2)18(16)15-5-3-14(11-21)4-6-15;10-8-4-7-9-5-2-1-3-6-9;1-3-2/h3-6,13,28H,7-12,21H2,1-2H3;1-3,5-6,8H,4,7H2;3H,1H2,2H3. The smallest absolute Gasteiger partial charge is 0.281 e. The lowest BCUT2D eigenvalue weighted by Crippen LogP contribution is -2.47. The molecule has 1 aliphatic heterocycles. The van der Waals surface area contributed by atoms with E-state index in [1.54, 1.807) is 10.8 Å². The van der Waals surface area contributed by atoms with Gasteiger partial charge in [0.25, 0.3) is 5.56 Å². The van der Waals surface area contributed by atoms with Gasteiger partial charge >= 0.3 is 0 Å². The molecule has 1 fully saturated rings. The Labute approximate surface area is 241 Å². The molecule has 3 N–H and O–H groups in total. The molecule has 0 aliphatic carbocycles. The lowest BCUT2D eigenvalue weighted by molar-refractivity contribution is -0.107. The predicted molar refractivity (Wildman–Crippen MR) is 164 cm³/mol. The molecule has 0 unspecified atom stereocenters. The van der Waals surface area contributed by atoms with Gasteiger partial charge in [0, 0.05) is 38.7 Å². The zero-order valence-corrected chi connectivity index (χ0v) is 24.4. The number of aromatic nitrogens is 4. The van der Waals surface area contributed by atoms with Gasteiger partial charge in [-0.25, -0.2) is 4.98 Å². The summed E-state index contributed by atoms with van der Waals surface area (Å²) >= 11 is 0. The number of hydrogen-bond donors (Lipinski definition) is 2. The first-order chi connectivity index (χ1) is 19.7. The second kappa shape index (κ2) is 15.2. The average molecular weight is 559 g/mol. The van der Waals surface area contributed by atoms with Crippen molar-refractivity contribution in [1.29, 1.82) is 0 Å². The zero-order chi connectivity index (χ0) is 29.8. The summed E-state index contributed by atoms with van der Waals surface area (Å²) in [6.45, 7) is 7.59. The SMILES string of the molecule is C=CC.CN1CCC(O)(Cn2cnc3c(-c4ccc(CN)cc4)n(C)nc3c2=O)CC1.O=CCCc1ccccc1. The van der Waals surface area contributed by atoms with E-state index < -0.39 is 5.60 Å². The Hall–Kier alpha value is -3.92. The Morgan fingerprint density at radius 1 is 1.02 bits per heavy atom. The van der Waals surface area contributed by atoms with Crippen molar-refractivity contribution < 1.29 is 9.90 Å². The molecule has 1 aliphatic rings. The van der Waals surface area contributed by atoms with Gasteiger partial charge in [-0.3, -0.25) is 14.0 Å². The van der Waals surface area contributed by atoms with Gasteiger partial charge in [0.1, 0.15) is 11.8 Å². The normalized spacial score (nSPS) is 14.4. The fourth-order valence-corrected chi connectivity index (χ4v) is 4.71. The van der Waals surface area contributed by atoms with E-state index in [-0.39, 0.29) is 12.1 Å². The molecule has 0 atom stereocenters. The predicted octanol–water partition coefficient (Wildman–Crippen LogP) is 3.72. The molecule has 0 spiro atoms. The van der Waals surface area contributed by atoms with Crippen LogP contribution in [-0.4, -0.2) is 61.4 Å². The highest BCUT2D eigenvalue weighted by molar-refractivity contribution is 5.89. The third kappa shape index (κ3) is 8.53. The van der Waals surface area contributed by atoms with Gasteiger partial charge in [0.2, 0.25) is 0 Å². The van der Waals surface area contributed by atoms with E-state index in [1.165, 1.54) is 16.5 Å². The number of rotatable bonds is 7. The largest absolute Gasteiger partial charge is 0.388 e. The zero-order valence-electron chi connectivity index (χ0n) is 24.4. The minimum absolute atomic E-state index is 0.224. The number of aldehydes is 1. The first-order valence-electron chi connectivity index (χ1n) is 13.9. The third-order valence-electron chi connectivity index (χ3n) is 7.05. The number of fused-ring (bicyclic) bond motifs is 1. The number of nitrogens with two attached hydrogens (primary N) is 1. The molecule has 2 aromatic carbocycles. The van der Waals surface area contributed by atoms with E-state index in [9.17, 15) is 14.7 Å². The van der Waals surface area contributed by atoms with Crippen molar-refractivity contribution in [3.8, 4) is 11.3 Å². The number of nitrogens with zero attached hydrogens (tertiary/aromatic N) is 5. The summed E-state index contributed by atoms with van der Waals surface area (Å²) in [6, 6.07) is 17.9. The Bertz CT molecular complexity index is 1450. The third-order valence-corrected chi connectivity index (χ3v) is 7.05. The van der Waals surface area contributed by atoms with Crippen molar-refractivity contribution in [2.75, 3.05) is 20.1 Å². The number of benzene rings is 2. The molecule has 0 saturated carbocycles. The van der Waals surface area contributed by atoms with Gasteiger partial charge < -0.3 is 20.5 Å². The van der Waals surface area contributed by atoms with Crippen LogP contribution in [0.1, 0.15) is 37.3 Å². The van der Waals surface area contributed by atoms with Crippen molar-refractivity contribution in [2.45, 2.75) is 51.3 Å². The van der Waals surface area contributed by atoms with Gasteiger partial charge in [0.15, 0.2) is 5.52 Å². The molecule has 0 bridgehead atoms. The first-order valence-corrected chi connectivity index (χ1v) is 13.9. The van der Waals surface area contributed by atoms with Crippen LogP contribution in [0.25, 0.3) is 22.3 Å². The van der Waals surface area contributed by atoms with Gasteiger partial charge in [-0.1, -0.05) is 60.7 Å². The quantitative estimate of drug-likeness (QED) is 0.262. The molecule has 0 amide bonds. The molecule has 5 rings (SSSR count). The summed E-state index contributed by atoms with van der Waals surface area (Å²) in [5, 5.41) is 15.3. The summed E-state index contributed by atoms with van der Waals surface area (Å²) < 4.78 is 3.17. The van der Waals surface area contributed by atoms with Crippen molar-refractivity contribution in [2.24, 2.45) is 12.8 Å². The highest BCUT2D eigenvalue weighted by Crippen LogP contribution is 2.26. The minimum atomic E-state index is -0.888. The maximum absolute atomic E-state index is 13.0. The topological polar surface area (TPSA) is 119 Å². The molecular weight excluding hydrogens is 516 g/mol. The van der Waals surface area contributed by atoms with Crippen molar-refractivity contribution in [3.63, 3.8) is 0 Å². The molecule has 4 aromatic rings. The lowest BCUT2D eigenvalue weighted by atomic mass is 9.91. The summed E-state index contributed by atoms with van der Waals surface area (Å²) in [4.78, 5) is 29.7. The highest BCUT2D eigenvalue weighted by atomic mass is 16.3. The van der Waals surface area contributed by atoms with E-state index in [1.807, 2.05) is 75.6 Å². The fraction of sp³-hybridized carbons (Fsp3) is 0.375. The number of carbonyl (C=O) groups is 1. The molecule has 1 saturated heterocycles. The monoisotopic (exact) mass is 558 g/mol.